The number of halogens is 1. The van der Waals surface area contributed by atoms with Crippen molar-refractivity contribution < 1.29 is 19.1 Å². The minimum Gasteiger partial charge on any atom is -0.466 e. The fraction of sp³-hybridized carbons (Fsp3) is 0.438. The number of nitrogens with zero attached hydrogens (tertiary/aromatic N) is 1. The lowest BCUT2D eigenvalue weighted by Gasteiger charge is -2.34. The van der Waals surface area contributed by atoms with E-state index in [1.165, 1.54) is 4.90 Å². The summed E-state index contributed by atoms with van der Waals surface area (Å²) in [6, 6.07) is 6.07. The van der Waals surface area contributed by atoms with Crippen LogP contribution in [0.4, 0.5) is 0 Å². The first-order chi connectivity index (χ1) is 11.0. The first-order valence-electron chi connectivity index (χ1n) is 7.52. The molecule has 23 heavy (non-hydrogen) atoms. The van der Waals surface area contributed by atoms with Gasteiger partial charge in [0.1, 0.15) is 6.04 Å². The topological polar surface area (TPSA) is 75.7 Å². The average Bonchev–Trinajstić information content (AvgIpc) is 2.55. The second-order valence-corrected chi connectivity index (χ2v) is 6.15. The molecule has 1 unspecified atom stereocenters. The van der Waals surface area contributed by atoms with Crippen LogP contribution in [-0.2, 0) is 14.3 Å². The van der Waals surface area contributed by atoms with E-state index in [0.29, 0.717) is 31.7 Å². The molecular weight excluding hydrogens is 364 g/mol. The van der Waals surface area contributed by atoms with Crippen molar-refractivity contribution in [3.8, 4) is 0 Å². The maximum absolute atomic E-state index is 12.6. The number of carbonyl (C=O) groups is 3. The molecule has 1 atom stereocenters. The molecule has 1 aliphatic rings. The third-order valence-electron chi connectivity index (χ3n) is 3.51. The highest BCUT2D eigenvalue weighted by Gasteiger charge is 2.35. The molecule has 1 aromatic rings. The van der Waals surface area contributed by atoms with Gasteiger partial charge in [-0.1, -0.05) is 22.9 Å². The summed E-state index contributed by atoms with van der Waals surface area (Å²) in [6.07, 6.45) is 0.582. The van der Waals surface area contributed by atoms with E-state index in [9.17, 15) is 14.4 Å². The molecule has 0 saturated carbocycles. The van der Waals surface area contributed by atoms with E-state index in [4.69, 9.17) is 4.74 Å². The van der Waals surface area contributed by atoms with Crippen LogP contribution in [0.3, 0.4) is 0 Å². The zero-order valence-corrected chi connectivity index (χ0v) is 14.5. The lowest BCUT2D eigenvalue weighted by atomic mass is 10.1. The van der Waals surface area contributed by atoms with E-state index in [-0.39, 0.29) is 18.2 Å². The Balaban J connectivity index is 2.13. The minimum absolute atomic E-state index is 0.131. The van der Waals surface area contributed by atoms with Gasteiger partial charge in [-0.2, -0.15) is 0 Å². The lowest BCUT2D eigenvalue weighted by Crippen LogP contribution is -2.57. The number of esters is 1. The Hall–Kier alpha value is -1.89. The molecule has 1 aliphatic heterocycles. The normalized spacial score (nSPS) is 17.6. The molecule has 0 aliphatic carbocycles. The van der Waals surface area contributed by atoms with Gasteiger partial charge in [0.05, 0.1) is 13.0 Å². The molecule has 1 fully saturated rings. The number of nitrogens with one attached hydrogen (secondary N) is 1. The summed E-state index contributed by atoms with van der Waals surface area (Å²) in [6.45, 7) is 2.95. The number of ether oxygens (including phenoxy) is 1. The summed E-state index contributed by atoms with van der Waals surface area (Å²) < 4.78 is 5.89. The zero-order chi connectivity index (χ0) is 16.8. The number of carbonyl (C=O) groups excluding carboxylic acids is 3. The first kappa shape index (κ1) is 17.5. The molecule has 6 nitrogen and oxygen atoms in total. The minimum atomic E-state index is -0.829. The molecule has 0 aromatic heterocycles. The summed E-state index contributed by atoms with van der Waals surface area (Å²) >= 11 is 3.32. The predicted molar refractivity (Wildman–Crippen MR) is 87.8 cm³/mol. The quantitative estimate of drug-likeness (QED) is 0.786. The van der Waals surface area contributed by atoms with Crippen molar-refractivity contribution in [2.24, 2.45) is 0 Å². The average molecular weight is 383 g/mol. The third kappa shape index (κ3) is 4.54. The van der Waals surface area contributed by atoms with E-state index < -0.39 is 12.0 Å². The lowest BCUT2D eigenvalue weighted by molar-refractivity contribution is -0.147. The van der Waals surface area contributed by atoms with Crippen LogP contribution in [-0.4, -0.2) is 48.4 Å². The second kappa shape index (κ2) is 8.10. The Morgan fingerprint density at radius 3 is 2.70 bits per heavy atom. The third-order valence-corrected chi connectivity index (χ3v) is 4.04. The van der Waals surface area contributed by atoms with Crippen LogP contribution in [0.2, 0.25) is 0 Å². The first-order valence-corrected chi connectivity index (χ1v) is 8.32. The molecule has 1 N–H and O–H groups in total. The van der Waals surface area contributed by atoms with Gasteiger partial charge >= 0.3 is 5.97 Å². The molecule has 124 valence electrons. The largest absolute Gasteiger partial charge is 0.466 e. The Bertz CT molecular complexity index is 588. The fourth-order valence-electron chi connectivity index (χ4n) is 2.35. The van der Waals surface area contributed by atoms with Gasteiger partial charge in [0.15, 0.2) is 0 Å². The van der Waals surface area contributed by atoms with Crippen molar-refractivity contribution >= 4 is 33.7 Å². The zero-order valence-electron chi connectivity index (χ0n) is 12.9. The highest BCUT2D eigenvalue weighted by molar-refractivity contribution is 9.10. The molecule has 1 heterocycles. The van der Waals surface area contributed by atoms with Crippen LogP contribution >= 0.6 is 15.9 Å². The molecule has 2 amide bonds. The molecule has 0 bridgehead atoms. The van der Waals surface area contributed by atoms with Crippen molar-refractivity contribution in [3.05, 3.63) is 34.3 Å². The molecule has 1 aromatic carbocycles. The maximum Gasteiger partial charge on any atom is 0.308 e. The van der Waals surface area contributed by atoms with E-state index >= 15 is 0 Å². The summed E-state index contributed by atoms with van der Waals surface area (Å²) in [5.41, 5.74) is 0.481. The number of hydrogen-bond donors (Lipinski definition) is 1. The molecule has 0 spiro atoms. The van der Waals surface area contributed by atoms with Crippen LogP contribution in [0, 0.1) is 0 Å². The number of piperazine rings is 1. The van der Waals surface area contributed by atoms with Crippen molar-refractivity contribution in [1.29, 1.82) is 0 Å². The fourth-order valence-corrected chi connectivity index (χ4v) is 2.62. The van der Waals surface area contributed by atoms with Gasteiger partial charge < -0.3 is 15.0 Å². The van der Waals surface area contributed by atoms with E-state index in [2.05, 4.69) is 21.2 Å². The van der Waals surface area contributed by atoms with Crippen LogP contribution < -0.4 is 5.32 Å². The number of benzene rings is 1. The van der Waals surface area contributed by atoms with E-state index in [1.54, 1.807) is 24.3 Å². The number of rotatable bonds is 5. The summed E-state index contributed by atoms with van der Waals surface area (Å²) in [5.74, 6) is -1.06. The van der Waals surface area contributed by atoms with Crippen molar-refractivity contribution in [2.45, 2.75) is 25.8 Å². The van der Waals surface area contributed by atoms with Gasteiger partial charge in [-0.05, 0) is 30.7 Å². The van der Waals surface area contributed by atoms with Crippen LogP contribution in [0.5, 0.6) is 0 Å². The smallest absolute Gasteiger partial charge is 0.308 e. The van der Waals surface area contributed by atoms with Crippen molar-refractivity contribution in [1.82, 2.24) is 10.2 Å². The van der Waals surface area contributed by atoms with Crippen LogP contribution in [0.15, 0.2) is 28.7 Å². The highest BCUT2D eigenvalue weighted by Crippen LogP contribution is 2.17. The highest BCUT2D eigenvalue weighted by atomic mass is 79.9. The Labute approximate surface area is 143 Å². The van der Waals surface area contributed by atoms with Crippen LogP contribution in [0.25, 0.3) is 0 Å². The molecule has 2 rings (SSSR count). The summed E-state index contributed by atoms with van der Waals surface area (Å²) in [4.78, 5) is 38.0. The number of amides is 2. The van der Waals surface area contributed by atoms with Gasteiger partial charge in [0, 0.05) is 23.1 Å². The van der Waals surface area contributed by atoms with Gasteiger partial charge in [0.2, 0.25) is 5.91 Å². The van der Waals surface area contributed by atoms with Gasteiger partial charge in [-0.15, -0.1) is 0 Å². The second-order valence-electron chi connectivity index (χ2n) is 5.24. The monoisotopic (exact) mass is 382 g/mol. The molecule has 0 radical (unpaired) electrons. The predicted octanol–water partition coefficient (Wildman–Crippen LogP) is 1.73. The SMILES string of the molecule is CCCOC(=O)CC1C(=O)NCCN1C(=O)c1ccc(Br)cc1. The Morgan fingerprint density at radius 1 is 1.35 bits per heavy atom. The molecule has 7 heteroatoms. The van der Waals surface area contributed by atoms with E-state index in [1.807, 2.05) is 6.92 Å². The molecule has 1 saturated heterocycles. The van der Waals surface area contributed by atoms with Crippen molar-refractivity contribution in [2.75, 3.05) is 19.7 Å². The maximum atomic E-state index is 12.6. The van der Waals surface area contributed by atoms with Crippen LogP contribution in [0.1, 0.15) is 30.1 Å². The van der Waals surface area contributed by atoms with Gasteiger partial charge in [-0.25, -0.2) is 0 Å². The summed E-state index contributed by atoms with van der Waals surface area (Å²) in [7, 11) is 0. The van der Waals surface area contributed by atoms with Gasteiger partial charge in [-0.3, -0.25) is 14.4 Å². The van der Waals surface area contributed by atoms with Crippen molar-refractivity contribution in [3.63, 3.8) is 0 Å². The summed E-state index contributed by atoms with van der Waals surface area (Å²) in [5, 5.41) is 2.69. The Morgan fingerprint density at radius 2 is 2.04 bits per heavy atom. The standard InChI is InChI=1S/C16H19BrN2O4/c1-2-9-23-14(20)10-13-15(21)18-7-8-19(13)16(22)11-3-5-12(17)6-4-11/h3-6,13H,2,7-10H2,1H3,(H,18,21). The molecular formula is C16H19BrN2O4. The Kier molecular flexibility index (Phi) is 6.15. The van der Waals surface area contributed by atoms with E-state index in [0.717, 1.165) is 4.47 Å². The number of hydrogen-bond acceptors (Lipinski definition) is 4. The van der Waals surface area contributed by atoms with Gasteiger partial charge in [0.25, 0.3) is 5.91 Å².